The third-order valence-electron chi connectivity index (χ3n) is 4.64. The second kappa shape index (κ2) is 7.51. The molecule has 1 aromatic carbocycles. The first-order chi connectivity index (χ1) is 12.7. The van der Waals surface area contributed by atoms with Crippen LogP contribution in [0.15, 0.2) is 36.5 Å². The zero-order chi connectivity index (χ0) is 17.9. The Kier molecular flexibility index (Phi) is 4.95. The minimum absolute atomic E-state index is 0.816. The Morgan fingerprint density at radius 3 is 2.65 bits per heavy atom. The Labute approximate surface area is 158 Å². The molecule has 6 heteroatoms. The molecule has 5 nitrogen and oxygen atoms in total. The third kappa shape index (κ3) is 3.92. The van der Waals surface area contributed by atoms with E-state index in [9.17, 15) is 0 Å². The van der Waals surface area contributed by atoms with Crippen LogP contribution in [0.5, 0.6) is 0 Å². The van der Waals surface area contributed by atoms with Crippen LogP contribution in [-0.2, 0) is 19.4 Å². The van der Waals surface area contributed by atoms with Gasteiger partial charge in [-0.2, -0.15) is 0 Å². The summed E-state index contributed by atoms with van der Waals surface area (Å²) in [5.41, 5.74) is 3.76. The van der Waals surface area contributed by atoms with Gasteiger partial charge in [-0.1, -0.05) is 30.3 Å². The van der Waals surface area contributed by atoms with E-state index < -0.39 is 0 Å². The van der Waals surface area contributed by atoms with Crippen molar-refractivity contribution in [3.8, 4) is 0 Å². The number of nitrogens with one attached hydrogen (secondary N) is 1. The molecule has 0 amide bonds. The maximum Gasteiger partial charge on any atom is 0.188 e. The molecular formula is C20H23N5S. The van der Waals surface area contributed by atoms with Crippen molar-refractivity contribution >= 4 is 22.3 Å². The largest absolute Gasteiger partial charge is 0.316 e. The van der Waals surface area contributed by atoms with Crippen molar-refractivity contribution in [3.05, 3.63) is 64.1 Å². The van der Waals surface area contributed by atoms with Crippen LogP contribution >= 0.6 is 11.3 Å². The van der Waals surface area contributed by atoms with Crippen LogP contribution in [-0.4, -0.2) is 32.9 Å². The molecule has 0 unspecified atom stereocenters. The smallest absolute Gasteiger partial charge is 0.188 e. The summed E-state index contributed by atoms with van der Waals surface area (Å²) >= 11 is 1.65. The fourth-order valence-corrected chi connectivity index (χ4v) is 4.05. The van der Waals surface area contributed by atoms with E-state index >= 15 is 0 Å². The molecule has 1 aliphatic heterocycles. The van der Waals surface area contributed by atoms with E-state index in [0.29, 0.717) is 0 Å². The Hall–Kier alpha value is -2.31. The number of hydrogen-bond acceptors (Lipinski definition) is 6. The molecule has 3 aromatic rings. The molecule has 0 fully saturated rings. The van der Waals surface area contributed by atoms with Crippen LogP contribution in [0, 0.1) is 13.8 Å². The van der Waals surface area contributed by atoms with Crippen molar-refractivity contribution in [1.29, 1.82) is 0 Å². The van der Waals surface area contributed by atoms with E-state index in [1.807, 2.05) is 13.1 Å². The first-order valence-electron chi connectivity index (χ1n) is 8.99. The van der Waals surface area contributed by atoms with Crippen molar-refractivity contribution in [2.75, 3.05) is 18.4 Å². The predicted molar refractivity (Wildman–Crippen MR) is 106 cm³/mol. The lowest BCUT2D eigenvalue weighted by atomic mass is 10.1. The molecule has 134 valence electrons. The van der Waals surface area contributed by atoms with Crippen molar-refractivity contribution in [1.82, 2.24) is 19.9 Å². The van der Waals surface area contributed by atoms with Crippen molar-refractivity contribution in [3.63, 3.8) is 0 Å². The molecule has 0 aliphatic carbocycles. The van der Waals surface area contributed by atoms with Gasteiger partial charge in [0, 0.05) is 42.7 Å². The van der Waals surface area contributed by atoms with Gasteiger partial charge in [0.2, 0.25) is 0 Å². The average Bonchev–Trinajstić information content (AvgIpc) is 2.92. The molecule has 0 saturated heterocycles. The standard InChI is InChI=1S/C20H23N5S/c1-14-12-21-20(26-14)24-19-17-8-10-25(13-16-6-4-3-5-7-16)11-9-18(17)22-15(2)23-19/h3-7,12H,8-11,13H2,1-2H3,(H,21,22,23,24). The molecular weight excluding hydrogens is 342 g/mol. The minimum Gasteiger partial charge on any atom is -0.316 e. The monoisotopic (exact) mass is 365 g/mol. The van der Waals surface area contributed by atoms with Crippen molar-refractivity contribution in [2.45, 2.75) is 33.2 Å². The summed E-state index contributed by atoms with van der Waals surface area (Å²) < 4.78 is 0. The van der Waals surface area contributed by atoms with Crippen LogP contribution in [0.2, 0.25) is 0 Å². The summed E-state index contributed by atoms with van der Waals surface area (Å²) in [7, 11) is 0. The fourth-order valence-electron chi connectivity index (χ4n) is 3.39. The second-order valence-corrected chi connectivity index (χ2v) is 7.94. The van der Waals surface area contributed by atoms with Gasteiger partial charge in [-0.05, 0) is 25.8 Å². The molecule has 0 radical (unpaired) electrons. The summed E-state index contributed by atoms with van der Waals surface area (Å²) in [6.45, 7) is 7.05. The topological polar surface area (TPSA) is 53.9 Å². The summed E-state index contributed by atoms with van der Waals surface area (Å²) in [5.74, 6) is 1.74. The lowest BCUT2D eigenvalue weighted by Gasteiger charge is -2.19. The highest BCUT2D eigenvalue weighted by Gasteiger charge is 2.20. The second-order valence-electron chi connectivity index (χ2n) is 6.71. The van der Waals surface area contributed by atoms with Crippen LogP contribution in [0.1, 0.15) is 27.5 Å². The van der Waals surface area contributed by atoms with E-state index in [0.717, 1.165) is 49.2 Å². The highest BCUT2D eigenvalue weighted by Crippen LogP contribution is 2.27. The molecule has 0 atom stereocenters. The SMILES string of the molecule is Cc1nc2c(c(Nc3ncc(C)s3)n1)CCN(Cc1ccccc1)CC2. The quantitative estimate of drug-likeness (QED) is 0.760. The molecule has 0 bridgehead atoms. The Bertz CT molecular complexity index is 890. The van der Waals surface area contributed by atoms with Crippen LogP contribution in [0.3, 0.4) is 0 Å². The molecule has 1 aliphatic rings. The van der Waals surface area contributed by atoms with Gasteiger partial charge in [0.05, 0.1) is 5.69 Å². The number of aromatic nitrogens is 3. The summed E-state index contributed by atoms with van der Waals surface area (Å²) in [4.78, 5) is 17.5. The number of benzene rings is 1. The van der Waals surface area contributed by atoms with Crippen LogP contribution < -0.4 is 5.32 Å². The van der Waals surface area contributed by atoms with E-state index in [1.165, 1.54) is 21.7 Å². The first kappa shape index (κ1) is 17.1. The summed E-state index contributed by atoms with van der Waals surface area (Å²) in [6.07, 6.45) is 3.80. The summed E-state index contributed by atoms with van der Waals surface area (Å²) in [5, 5.41) is 4.32. The number of fused-ring (bicyclic) bond motifs is 1. The number of anilines is 2. The van der Waals surface area contributed by atoms with Gasteiger partial charge in [-0.25, -0.2) is 15.0 Å². The van der Waals surface area contributed by atoms with Gasteiger partial charge in [0.15, 0.2) is 5.13 Å². The molecule has 0 spiro atoms. The first-order valence-corrected chi connectivity index (χ1v) is 9.81. The maximum atomic E-state index is 4.73. The third-order valence-corrected chi connectivity index (χ3v) is 5.47. The number of thiazole rings is 1. The molecule has 2 aromatic heterocycles. The molecule has 1 N–H and O–H groups in total. The lowest BCUT2D eigenvalue weighted by molar-refractivity contribution is 0.279. The Morgan fingerprint density at radius 1 is 1.08 bits per heavy atom. The number of aryl methyl sites for hydroxylation is 2. The highest BCUT2D eigenvalue weighted by atomic mass is 32.1. The minimum atomic E-state index is 0.816. The van der Waals surface area contributed by atoms with Crippen molar-refractivity contribution < 1.29 is 0 Å². The highest BCUT2D eigenvalue weighted by molar-refractivity contribution is 7.15. The maximum absolute atomic E-state index is 4.73. The van der Waals surface area contributed by atoms with E-state index in [4.69, 9.17) is 4.98 Å². The van der Waals surface area contributed by atoms with Crippen molar-refractivity contribution in [2.24, 2.45) is 0 Å². The molecule has 26 heavy (non-hydrogen) atoms. The van der Waals surface area contributed by atoms with Gasteiger partial charge in [0.25, 0.3) is 0 Å². The van der Waals surface area contributed by atoms with E-state index in [1.54, 1.807) is 11.3 Å². The lowest BCUT2D eigenvalue weighted by Crippen LogP contribution is -2.25. The van der Waals surface area contributed by atoms with Crippen LogP contribution in [0.25, 0.3) is 0 Å². The van der Waals surface area contributed by atoms with Crippen LogP contribution in [0.4, 0.5) is 10.9 Å². The van der Waals surface area contributed by atoms with Gasteiger partial charge in [-0.15, -0.1) is 11.3 Å². The van der Waals surface area contributed by atoms with E-state index in [2.05, 4.69) is 57.4 Å². The normalized spacial score (nSPS) is 14.7. The van der Waals surface area contributed by atoms with E-state index in [-0.39, 0.29) is 0 Å². The Balaban J connectivity index is 1.54. The Morgan fingerprint density at radius 2 is 1.88 bits per heavy atom. The van der Waals surface area contributed by atoms with Gasteiger partial charge >= 0.3 is 0 Å². The zero-order valence-electron chi connectivity index (χ0n) is 15.2. The molecule has 0 saturated carbocycles. The van der Waals surface area contributed by atoms with Gasteiger partial charge < -0.3 is 5.32 Å². The molecule has 4 rings (SSSR count). The predicted octanol–water partition coefficient (Wildman–Crippen LogP) is 3.89. The fraction of sp³-hybridized carbons (Fsp3) is 0.350. The van der Waals surface area contributed by atoms with Gasteiger partial charge in [0.1, 0.15) is 11.6 Å². The summed E-state index contributed by atoms with van der Waals surface area (Å²) in [6, 6.07) is 10.7. The number of nitrogens with zero attached hydrogens (tertiary/aromatic N) is 4. The molecule has 3 heterocycles. The number of rotatable bonds is 4. The van der Waals surface area contributed by atoms with Gasteiger partial charge in [-0.3, -0.25) is 4.90 Å². The zero-order valence-corrected chi connectivity index (χ0v) is 16.0. The number of hydrogen-bond donors (Lipinski definition) is 1. The average molecular weight is 366 g/mol.